The Morgan fingerprint density at radius 1 is 1.30 bits per heavy atom. The molecular weight excluding hydrogens is 396 g/mol. The number of epoxide rings is 1. The Labute approximate surface area is 174 Å². The van der Waals surface area contributed by atoms with E-state index in [2.05, 4.69) is 6.58 Å². The highest BCUT2D eigenvalue weighted by Crippen LogP contribution is 2.49. The zero-order valence-electron chi connectivity index (χ0n) is 17.4. The van der Waals surface area contributed by atoms with Crippen LogP contribution in [-0.4, -0.2) is 65.4 Å². The average Bonchev–Trinajstić information content (AvgIpc) is 3.24. The number of aliphatic hydroxyl groups excluding tert-OH is 1. The van der Waals surface area contributed by atoms with E-state index in [4.69, 9.17) is 18.9 Å². The van der Waals surface area contributed by atoms with E-state index < -0.39 is 60.4 Å². The molecule has 2 aliphatic heterocycles. The van der Waals surface area contributed by atoms with Gasteiger partial charge in [-0.25, -0.2) is 9.59 Å². The van der Waals surface area contributed by atoms with Crippen molar-refractivity contribution >= 4 is 23.7 Å². The van der Waals surface area contributed by atoms with E-state index in [0.29, 0.717) is 6.42 Å². The summed E-state index contributed by atoms with van der Waals surface area (Å²) in [6.07, 6.45) is -3.78. The second-order valence-electron chi connectivity index (χ2n) is 8.24. The van der Waals surface area contributed by atoms with Crippen molar-refractivity contribution < 1.29 is 43.2 Å². The monoisotopic (exact) mass is 422 g/mol. The molecule has 0 radical (unpaired) electrons. The van der Waals surface area contributed by atoms with Gasteiger partial charge in [-0.1, -0.05) is 13.5 Å². The van der Waals surface area contributed by atoms with Crippen LogP contribution >= 0.6 is 0 Å². The molecule has 2 fully saturated rings. The van der Waals surface area contributed by atoms with E-state index in [-0.39, 0.29) is 28.9 Å². The molecule has 0 aromatic rings. The number of hydrogen-bond donors (Lipinski definition) is 1. The quantitative estimate of drug-likeness (QED) is 0.302. The lowest BCUT2D eigenvalue weighted by molar-refractivity contribution is -0.153. The van der Waals surface area contributed by atoms with Crippen molar-refractivity contribution in [2.75, 3.05) is 6.61 Å². The van der Waals surface area contributed by atoms with Crippen LogP contribution in [0.4, 0.5) is 0 Å². The molecule has 30 heavy (non-hydrogen) atoms. The van der Waals surface area contributed by atoms with E-state index >= 15 is 0 Å². The van der Waals surface area contributed by atoms with E-state index in [0.717, 1.165) is 0 Å². The number of ether oxygens (including phenoxy) is 4. The number of hydrogen-bond acceptors (Lipinski definition) is 9. The summed E-state index contributed by atoms with van der Waals surface area (Å²) in [5.74, 6) is -3.28. The van der Waals surface area contributed by atoms with E-state index in [1.807, 2.05) is 0 Å². The summed E-state index contributed by atoms with van der Waals surface area (Å²) < 4.78 is 21.8. The Morgan fingerprint density at radius 3 is 2.57 bits per heavy atom. The minimum absolute atomic E-state index is 0.0353. The molecule has 0 spiro atoms. The van der Waals surface area contributed by atoms with Crippen molar-refractivity contribution in [3.05, 3.63) is 23.3 Å². The summed E-state index contributed by atoms with van der Waals surface area (Å²) in [5, 5.41) is 11.0. The van der Waals surface area contributed by atoms with E-state index in [1.54, 1.807) is 6.92 Å². The van der Waals surface area contributed by atoms with Crippen LogP contribution in [-0.2, 0) is 38.1 Å². The van der Waals surface area contributed by atoms with Crippen LogP contribution in [0.25, 0.3) is 0 Å². The number of Topliss-reactive ketones (excluding diaryl/α,β-unsaturated/α-hetero) is 1. The number of esters is 3. The van der Waals surface area contributed by atoms with Gasteiger partial charge < -0.3 is 24.1 Å². The first kappa shape index (κ1) is 22.2. The summed E-state index contributed by atoms with van der Waals surface area (Å²) in [5.41, 5.74) is -0.506. The fourth-order valence-corrected chi connectivity index (χ4v) is 3.84. The van der Waals surface area contributed by atoms with Crippen molar-refractivity contribution in [2.45, 2.75) is 70.6 Å². The van der Waals surface area contributed by atoms with Gasteiger partial charge in [-0.3, -0.25) is 9.59 Å². The molecule has 3 rings (SSSR count). The first-order valence-corrected chi connectivity index (χ1v) is 9.78. The number of carbonyl (C=O) groups is 4. The fraction of sp³-hybridized carbons (Fsp3) is 0.619. The molecule has 1 saturated heterocycles. The van der Waals surface area contributed by atoms with Crippen molar-refractivity contribution in [1.82, 2.24) is 0 Å². The van der Waals surface area contributed by atoms with Crippen LogP contribution in [0.15, 0.2) is 23.3 Å². The van der Waals surface area contributed by atoms with Crippen molar-refractivity contribution in [3.8, 4) is 0 Å². The third kappa shape index (κ3) is 4.04. The maximum absolute atomic E-state index is 12.6. The van der Waals surface area contributed by atoms with E-state index in [1.165, 1.54) is 20.8 Å². The van der Waals surface area contributed by atoms with Crippen molar-refractivity contribution in [1.29, 1.82) is 0 Å². The molecule has 0 aromatic heterocycles. The second-order valence-corrected chi connectivity index (χ2v) is 8.24. The van der Waals surface area contributed by atoms with Crippen molar-refractivity contribution in [3.63, 3.8) is 0 Å². The molecule has 1 N–H and O–H groups in total. The molecule has 164 valence electrons. The molecule has 1 saturated carbocycles. The number of carbonyl (C=O) groups excluding carboxylic acids is 4. The zero-order valence-corrected chi connectivity index (χ0v) is 17.4. The first-order valence-electron chi connectivity index (χ1n) is 9.78. The molecule has 3 aliphatic rings. The maximum atomic E-state index is 12.6. The topological polar surface area (TPSA) is 129 Å². The highest BCUT2D eigenvalue weighted by molar-refractivity contribution is 5.94. The average molecular weight is 422 g/mol. The Morgan fingerprint density at radius 2 is 1.97 bits per heavy atom. The molecule has 0 bridgehead atoms. The Kier molecular flexibility index (Phi) is 5.88. The molecular formula is C21H26O9. The minimum atomic E-state index is -1.44. The highest BCUT2D eigenvalue weighted by Gasteiger charge is 2.63. The molecule has 9 heteroatoms. The smallest absolute Gasteiger partial charge is 0.338 e. The zero-order chi connectivity index (χ0) is 22.4. The van der Waals surface area contributed by atoms with Crippen LogP contribution in [0.2, 0.25) is 0 Å². The van der Waals surface area contributed by atoms with Gasteiger partial charge in [-0.15, -0.1) is 0 Å². The van der Waals surface area contributed by atoms with Crippen LogP contribution in [0, 0.1) is 5.92 Å². The third-order valence-electron chi connectivity index (χ3n) is 5.86. The number of rotatable bonds is 4. The number of fused-ring (bicyclic) bond motifs is 3. The number of ketones is 1. The Hall–Kier alpha value is -2.52. The molecule has 6 atom stereocenters. The Bertz CT molecular complexity index is 841. The third-order valence-corrected chi connectivity index (χ3v) is 5.86. The predicted molar refractivity (Wildman–Crippen MR) is 101 cm³/mol. The lowest BCUT2D eigenvalue weighted by Crippen LogP contribution is -2.45. The van der Waals surface area contributed by atoms with Gasteiger partial charge in [0.25, 0.3) is 0 Å². The van der Waals surface area contributed by atoms with Crippen LogP contribution in [0.1, 0.15) is 40.5 Å². The largest absolute Gasteiger partial charge is 0.461 e. The standard InChI is InChI=1S/C21H26O9/c1-9(2)19(25)28-16-14-12(8-27-11(4)22)20(26)29-17(14)18-21(5,30-18)7-6-13(23)10(3)15(16)24/h10,15-18,24H,1,6-8H2,2-5H3. The molecule has 0 amide bonds. The molecule has 2 heterocycles. The summed E-state index contributed by atoms with van der Waals surface area (Å²) in [4.78, 5) is 48.8. The second kappa shape index (κ2) is 7.96. The summed E-state index contributed by atoms with van der Waals surface area (Å²) in [6.45, 7) is 9.08. The van der Waals surface area contributed by atoms with Gasteiger partial charge in [-0.05, 0) is 20.3 Å². The van der Waals surface area contributed by atoms with Gasteiger partial charge in [0.15, 0.2) is 12.2 Å². The molecule has 0 aromatic carbocycles. The van der Waals surface area contributed by atoms with Crippen molar-refractivity contribution in [2.24, 2.45) is 5.92 Å². The summed E-state index contributed by atoms with van der Waals surface area (Å²) in [6, 6.07) is 0. The molecule has 9 nitrogen and oxygen atoms in total. The SMILES string of the molecule is C=C(C)C(=O)OC1C2=C(COC(C)=O)C(=O)OC2C2OC2(C)CCC(=O)C(C)C1O. The number of aliphatic hydroxyl groups is 1. The van der Waals surface area contributed by atoms with Crippen LogP contribution < -0.4 is 0 Å². The van der Waals surface area contributed by atoms with Crippen LogP contribution in [0.5, 0.6) is 0 Å². The van der Waals surface area contributed by atoms with Gasteiger partial charge in [0.05, 0.1) is 11.2 Å². The predicted octanol–water partition coefficient (Wildman–Crippen LogP) is 0.777. The van der Waals surface area contributed by atoms with Crippen LogP contribution in [0.3, 0.4) is 0 Å². The van der Waals surface area contributed by atoms with Gasteiger partial charge in [0, 0.05) is 30.4 Å². The molecule has 1 aliphatic carbocycles. The normalized spacial score (nSPS) is 35.7. The van der Waals surface area contributed by atoms with Gasteiger partial charge >= 0.3 is 17.9 Å². The minimum Gasteiger partial charge on any atom is -0.461 e. The highest BCUT2D eigenvalue weighted by atomic mass is 16.6. The molecule has 6 unspecified atom stereocenters. The summed E-state index contributed by atoms with van der Waals surface area (Å²) >= 11 is 0. The van der Waals surface area contributed by atoms with Gasteiger partial charge in [-0.2, -0.15) is 0 Å². The summed E-state index contributed by atoms with van der Waals surface area (Å²) in [7, 11) is 0. The fourth-order valence-electron chi connectivity index (χ4n) is 3.84. The van der Waals surface area contributed by atoms with Gasteiger partial charge in [0.1, 0.15) is 24.6 Å². The first-order chi connectivity index (χ1) is 14.0. The lowest BCUT2D eigenvalue weighted by Gasteiger charge is -2.31. The maximum Gasteiger partial charge on any atom is 0.338 e. The van der Waals surface area contributed by atoms with Gasteiger partial charge in [0.2, 0.25) is 0 Å². The lowest BCUT2D eigenvalue weighted by atomic mass is 9.81. The van der Waals surface area contributed by atoms with E-state index in [9.17, 15) is 24.3 Å². The Balaban J connectivity index is 2.11.